The van der Waals surface area contributed by atoms with Crippen molar-refractivity contribution in [1.82, 2.24) is 0 Å². The summed E-state index contributed by atoms with van der Waals surface area (Å²) in [6.45, 7) is 5.66. The second-order valence-electron chi connectivity index (χ2n) is 5.72. The fourth-order valence-corrected chi connectivity index (χ4v) is 2.69. The maximum absolute atomic E-state index is 10.9. The molecule has 128 valence electrons. The predicted octanol–water partition coefficient (Wildman–Crippen LogP) is 5.64. The minimum atomic E-state index is -0.490. The number of benzene rings is 2. The molecule has 3 aromatic rings. The highest BCUT2D eigenvalue weighted by Crippen LogP contribution is 2.43. The van der Waals surface area contributed by atoms with Crippen molar-refractivity contribution in [2.24, 2.45) is 10.2 Å². The first-order chi connectivity index (χ1) is 11.9. The number of azo groups is 1. The predicted molar refractivity (Wildman–Crippen MR) is 94.0 cm³/mol. The summed E-state index contributed by atoms with van der Waals surface area (Å²) in [5.74, 6) is 0.794. The quantitative estimate of drug-likeness (QED) is 0.377. The highest BCUT2D eigenvalue weighted by Gasteiger charge is 2.18. The third-order valence-corrected chi connectivity index (χ3v) is 4.17. The average Bonchev–Trinajstić information content (AvgIpc) is 2.88. The zero-order chi connectivity index (χ0) is 18.1. The molecule has 25 heavy (non-hydrogen) atoms. The molecule has 0 bridgehead atoms. The van der Waals surface area contributed by atoms with Gasteiger partial charge in [-0.2, -0.15) is 5.11 Å². The van der Waals surface area contributed by atoms with Gasteiger partial charge in [-0.05, 0) is 38.0 Å². The van der Waals surface area contributed by atoms with Gasteiger partial charge in [0.05, 0.1) is 16.0 Å². The molecule has 2 aromatic carbocycles. The molecule has 0 aliphatic heterocycles. The lowest BCUT2D eigenvalue weighted by atomic mass is 10.0. The van der Waals surface area contributed by atoms with Crippen LogP contribution in [0.15, 0.2) is 45.0 Å². The van der Waals surface area contributed by atoms with Gasteiger partial charge < -0.3 is 9.52 Å². The van der Waals surface area contributed by atoms with Crippen LogP contribution >= 0.6 is 0 Å². The van der Waals surface area contributed by atoms with Crippen LogP contribution in [0, 0.1) is 24.0 Å². The van der Waals surface area contributed by atoms with Crippen LogP contribution < -0.4 is 0 Å². The molecule has 0 saturated carbocycles. The molecule has 0 saturated heterocycles. The maximum Gasteiger partial charge on any atom is 0.271 e. The smallest absolute Gasteiger partial charge is 0.271 e. The van der Waals surface area contributed by atoms with Crippen LogP contribution in [0.4, 0.5) is 17.1 Å². The molecule has 0 unspecified atom stereocenters. The number of fused-ring (bicyclic) bond motifs is 1. The zero-order valence-electron chi connectivity index (χ0n) is 14.1. The van der Waals surface area contributed by atoms with Gasteiger partial charge in [0.15, 0.2) is 0 Å². The van der Waals surface area contributed by atoms with Crippen LogP contribution in [-0.4, -0.2) is 10.0 Å². The van der Waals surface area contributed by atoms with E-state index in [0.29, 0.717) is 34.3 Å². The molecule has 0 atom stereocenters. The first kappa shape index (κ1) is 16.6. The highest BCUT2D eigenvalue weighted by molar-refractivity contribution is 5.96. The summed E-state index contributed by atoms with van der Waals surface area (Å²) in [5.41, 5.74) is 2.80. The first-order valence-electron chi connectivity index (χ1n) is 7.83. The van der Waals surface area contributed by atoms with Crippen molar-refractivity contribution in [2.75, 3.05) is 0 Å². The van der Waals surface area contributed by atoms with Crippen LogP contribution in [0.1, 0.15) is 23.8 Å². The third-order valence-electron chi connectivity index (χ3n) is 4.17. The van der Waals surface area contributed by atoms with E-state index in [1.165, 1.54) is 18.2 Å². The minimum absolute atomic E-state index is 0.0491. The van der Waals surface area contributed by atoms with Crippen LogP contribution in [0.3, 0.4) is 0 Å². The molecule has 1 N–H and O–H groups in total. The Bertz CT molecular complexity index is 1010. The van der Waals surface area contributed by atoms with Crippen molar-refractivity contribution in [3.05, 3.63) is 57.3 Å². The molecule has 0 fully saturated rings. The van der Waals surface area contributed by atoms with Gasteiger partial charge in [0, 0.05) is 17.7 Å². The van der Waals surface area contributed by atoms with Crippen molar-refractivity contribution in [1.29, 1.82) is 0 Å². The van der Waals surface area contributed by atoms with Crippen molar-refractivity contribution in [3.63, 3.8) is 0 Å². The van der Waals surface area contributed by atoms with Gasteiger partial charge in [0.2, 0.25) is 0 Å². The molecule has 7 heteroatoms. The number of aryl methyl sites for hydroxylation is 3. The Morgan fingerprint density at radius 2 is 2.00 bits per heavy atom. The summed E-state index contributed by atoms with van der Waals surface area (Å²) in [6.07, 6.45) is 0.611. The second kappa shape index (κ2) is 6.35. The summed E-state index contributed by atoms with van der Waals surface area (Å²) in [7, 11) is 0. The number of non-ortho nitro benzene ring substituents is 1. The van der Waals surface area contributed by atoms with E-state index in [0.717, 1.165) is 11.3 Å². The molecule has 7 nitrogen and oxygen atoms in total. The average molecular weight is 339 g/mol. The molecule has 0 radical (unpaired) electrons. The van der Waals surface area contributed by atoms with Crippen LogP contribution in [-0.2, 0) is 6.42 Å². The Morgan fingerprint density at radius 3 is 2.68 bits per heavy atom. The van der Waals surface area contributed by atoms with E-state index >= 15 is 0 Å². The second-order valence-corrected chi connectivity index (χ2v) is 5.72. The van der Waals surface area contributed by atoms with Gasteiger partial charge >= 0.3 is 0 Å². The topological polar surface area (TPSA) is 101 Å². The number of phenols is 1. The summed E-state index contributed by atoms with van der Waals surface area (Å²) < 4.78 is 5.74. The number of rotatable bonds is 4. The molecule has 0 spiro atoms. The molecular weight excluding hydrogens is 322 g/mol. The van der Waals surface area contributed by atoms with E-state index in [1.807, 2.05) is 20.8 Å². The number of nitrogens with zero attached hydrogens (tertiary/aromatic N) is 3. The highest BCUT2D eigenvalue weighted by atomic mass is 16.6. The van der Waals surface area contributed by atoms with Gasteiger partial charge in [-0.25, -0.2) is 0 Å². The van der Waals surface area contributed by atoms with Crippen LogP contribution in [0.2, 0.25) is 0 Å². The first-order valence-corrected chi connectivity index (χ1v) is 7.83. The van der Waals surface area contributed by atoms with Gasteiger partial charge in [-0.1, -0.05) is 13.0 Å². The number of hydrogen-bond donors (Lipinski definition) is 1. The summed E-state index contributed by atoms with van der Waals surface area (Å²) in [6, 6.07) is 7.67. The monoisotopic (exact) mass is 339 g/mol. The van der Waals surface area contributed by atoms with Crippen molar-refractivity contribution >= 4 is 28.0 Å². The molecule has 3 rings (SSSR count). The van der Waals surface area contributed by atoms with Gasteiger partial charge in [-0.15, -0.1) is 5.11 Å². The SMILES string of the molecule is CCc1cc2oc(C)c(C)c2c(N=Nc2cccc([N+](=O)[O-])c2)c1O. The summed E-state index contributed by atoms with van der Waals surface area (Å²) in [5, 5.41) is 30.4. The van der Waals surface area contributed by atoms with E-state index in [9.17, 15) is 15.2 Å². The Balaban J connectivity index is 2.16. The Labute approximate surface area is 143 Å². The normalized spacial score (nSPS) is 11.5. The number of furan rings is 1. The van der Waals surface area contributed by atoms with Crippen molar-refractivity contribution < 1.29 is 14.4 Å². The van der Waals surface area contributed by atoms with Gasteiger partial charge in [0.1, 0.15) is 22.8 Å². The standard InChI is InChI=1S/C18H17N3O4/c1-4-12-8-15-16(10(2)11(3)25-15)17(18(12)22)20-19-13-6-5-7-14(9-13)21(23)24/h5-9,22H,4H2,1-3H3. The van der Waals surface area contributed by atoms with Crippen LogP contribution in [0.25, 0.3) is 11.0 Å². The van der Waals surface area contributed by atoms with E-state index in [1.54, 1.807) is 12.1 Å². The van der Waals surface area contributed by atoms with Crippen LogP contribution in [0.5, 0.6) is 5.75 Å². The third kappa shape index (κ3) is 2.96. The van der Waals surface area contributed by atoms with E-state index < -0.39 is 4.92 Å². The molecule has 1 aromatic heterocycles. The number of phenolic OH excluding ortho intramolecular Hbond substituents is 1. The summed E-state index contributed by atoms with van der Waals surface area (Å²) >= 11 is 0. The fourth-order valence-electron chi connectivity index (χ4n) is 2.69. The van der Waals surface area contributed by atoms with Gasteiger partial charge in [-0.3, -0.25) is 10.1 Å². The lowest BCUT2D eigenvalue weighted by molar-refractivity contribution is -0.384. The van der Waals surface area contributed by atoms with E-state index in [2.05, 4.69) is 10.2 Å². The zero-order valence-corrected chi connectivity index (χ0v) is 14.1. The molecule has 0 aliphatic carbocycles. The largest absolute Gasteiger partial charge is 0.505 e. The van der Waals surface area contributed by atoms with Crippen molar-refractivity contribution in [2.45, 2.75) is 27.2 Å². The molecule has 0 aliphatic rings. The fraction of sp³-hybridized carbons (Fsp3) is 0.222. The van der Waals surface area contributed by atoms with E-state index in [-0.39, 0.29) is 11.4 Å². The number of hydrogen-bond acceptors (Lipinski definition) is 6. The lowest BCUT2D eigenvalue weighted by Gasteiger charge is -2.06. The van der Waals surface area contributed by atoms with E-state index in [4.69, 9.17) is 4.42 Å². The number of nitro benzene ring substituents is 1. The summed E-state index contributed by atoms with van der Waals surface area (Å²) in [4.78, 5) is 10.4. The lowest BCUT2D eigenvalue weighted by Crippen LogP contribution is -1.86. The number of nitro groups is 1. The molecule has 0 amide bonds. The molecular formula is C18H17N3O4. The molecule has 1 heterocycles. The van der Waals surface area contributed by atoms with Gasteiger partial charge in [0.25, 0.3) is 5.69 Å². The Kier molecular flexibility index (Phi) is 4.22. The maximum atomic E-state index is 10.9. The minimum Gasteiger partial charge on any atom is -0.505 e. The Morgan fingerprint density at radius 1 is 1.24 bits per heavy atom. The van der Waals surface area contributed by atoms with Crippen molar-refractivity contribution in [3.8, 4) is 5.75 Å². The Hall–Kier alpha value is -3.22. The number of aromatic hydroxyl groups is 1.